The number of nitrogens with zero attached hydrogens (tertiary/aromatic N) is 4. The molecule has 1 aromatic carbocycles. The van der Waals surface area contributed by atoms with Gasteiger partial charge in [-0.05, 0) is 25.5 Å². The standard InChI is InChI=1S/C17H23N5O/c1-18-11-16(23)21-9-7-15(8-10-21)17-20-19-13-22(17)12-14-5-3-2-4-6-14/h2-6,13,15,18H,7-12H2,1H3. The molecule has 6 heteroatoms. The number of likely N-dealkylation sites (N-methyl/N-ethyl adjacent to an activating group) is 1. The Morgan fingerprint density at radius 2 is 2.00 bits per heavy atom. The zero-order valence-corrected chi connectivity index (χ0v) is 13.5. The lowest BCUT2D eigenvalue weighted by Gasteiger charge is -2.31. The first-order chi connectivity index (χ1) is 11.3. The molecule has 2 heterocycles. The molecule has 0 atom stereocenters. The van der Waals surface area contributed by atoms with E-state index in [0.29, 0.717) is 12.5 Å². The molecule has 0 unspecified atom stereocenters. The molecule has 0 spiro atoms. The van der Waals surface area contributed by atoms with Crippen LogP contribution in [0, 0.1) is 0 Å². The molecule has 122 valence electrons. The molecule has 0 bridgehead atoms. The highest BCUT2D eigenvalue weighted by Crippen LogP contribution is 2.26. The van der Waals surface area contributed by atoms with Gasteiger partial charge in [0.05, 0.1) is 13.1 Å². The number of aromatic nitrogens is 3. The van der Waals surface area contributed by atoms with Crippen LogP contribution in [-0.2, 0) is 11.3 Å². The van der Waals surface area contributed by atoms with E-state index in [0.717, 1.165) is 38.3 Å². The van der Waals surface area contributed by atoms with Crippen LogP contribution in [-0.4, -0.2) is 52.3 Å². The normalized spacial score (nSPS) is 15.8. The van der Waals surface area contributed by atoms with Gasteiger partial charge >= 0.3 is 0 Å². The summed E-state index contributed by atoms with van der Waals surface area (Å²) >= 11 is 0. The second-order valence-electron chi connectivity index (χ2n) is 5.99. The first-order valence-electron chi connectivity index (χ1n) is 8.12. The molecule has 1 fully saturated rings. The van der Waals surface area contributed by atoms with Crippen molar-refractivity contribution in [1.82, 2.24) is 25.0 Å². The number of carbonyl (C=O) groups is 1. The Hall–Kier alpha value is -2.21. The zero-order valence-electron chi connectivity index (χ0n) is 13.5. The second-order valence-corrected chi connectivity index (χ2v) is 5.99. The van der Waals surface area contributed by atoms with Crippen molar-refractivity contribution in [3.8, 4) is 0 Å². The highest BCUT2D eigenvalue weighted by Gasteiger charge is 2.26. The Morgan fingerprint density at radius 3 is 2.70 bits per heavy atom. The van der Waals surface area contributed by atoms with Gasteiger partial charge in [0.15, 0.2) is 0 Å². The minimum Gasteiger partial charge on any atom is -0.342 e. The molecule has 1 saturated heterocycles. The van der Waals surface area contributed by atoms with Gasteiger partial charge in [-0.1, -0.05) is 30.3 Å². The summed E-state index contributed by atoms with van der Waals surface area (Å²) in [5, 5.41) is 11.4. The average Bonchev–Trinajstić information content (AvgIpc) is 3.04. The Morgan fingerprint density at radius 1 is 1.26 bits per heavy atom. The van der Waals surface area contributed by atoms with Crippen molar-refractivity contribution < 1.29 is 4.79 Å². The van der Waals surface area contributed by atoms with Gasteiger partial charge in [-0.25, -0.2) is 0 Å². The average molecular weight is 313 g/mol. The number of likely N-dealkylation sites (tertiary alicyclic amines) is 1. The number of hydrogen-bond acceptors (Lipinski definition) is 4. The Balaban J connectivity index is 1.63. The van der Waals surface area contributed by atoms with Crippen LogP contribution >= 0.6 is 0 Å². The van der Waals surface area contributed by atoms with E-state index in [4.69, 9.17) is 0 Å². The number of nitrogens with one attached hydrogen (secondary N) is 1. The summed E-state index contributed by atoms with van der Waals surface area (Å²) in [7, 11) is 1.80. The van der Waals surface area contributed by atoms with Gasteiger partial charge in [-0.15, -0.1) is 10.2 Å². The van der Waals surface area contributed by atoms with E-state index >= 15 is 0 Å². The minimum atomic E-state index is 0.178. The quantitative estimate of drug-likeness (QED) is 0.902. The molecule has 1 aliphatic rings. The lowest BCUT2D eigenvalue weighted by atomic mass is 9.95. The van der Waals surface area contributed by atoms with Gasteiger partial charge < -0.3 is 14.8 Å². The highest BCUT2D eigenvalue weighted by atomic mass is 16.2. The van der Waals surface area contributed by atoms with Crippen LogP contribution in [0.4, 0.5) is 0 Å². The molecule has 0 radical (unpaired) electrons. The number of hydrogen-bond donors (Lipinski definition) is 1. The number of amides is 1. The summed E-state index contributed by atoms with van der Waals surface area (Å²) in [5.41, 5.74) is 1.25. The van der Waals surface area contributed by atoms with Gasteiger partial charge in [-0.3, -0.25) is 4.79 Å². The first kappa shape index (κ1) is 15.7. The fraction of sp³-hybridized carbons (Fsp3) is 0.471. The van der Waals surface area contributed by atoms with Crippen LogP contribution in [0.5, 0.6) is 0 Å². The number of piperidine rings is 1. The van der Waals surface area contributed by atoms with E-state index in [2.05, 4.69) is 32.2 Å². The van der Waals surface area contributed by atoms with E-state index < -0.39 is 0 Å². The summed E-state index contributed by atoms with van der Waals surface area (Å²) in [5.74, 6) is 1.59. The Labute approximate surface area is 136 Å². The number of rotatable bonds is 5. The van der Waals surface area contributed by atoms with Gasteiger partial charge in [0, 0.05) is 19.0 Å². The van der Waals surface area contributed by atoms with Gasteiger partial charge in [0.1, 0.15) is 12.2 Å². The van der Waals surface area contributed by atoms with Gasteiger partial charge in [-0.2, -0.15) is 0 Å². The maximum Gasteiger partial charge on any atom is 0.236 e. The van der Waals surface area contributed by atoms with Crippen LogP contribution in [0.25, 0.3) is 0 Å². The number of benzene rings is 1. The van der Waals surface area contributed by atoms with Crippen molar-refractivity contribution in [3.63, 3.8) is 0 Å². The zero-order chi connectivity index (χ0) is 16.1. The largest absolute Gasteiger partial charge is 0.342 e. The van der Waals surface area contributed by atoms with Crippen molar-refractivity contribution >= 4 is 5.91 Å². The van der Waals surface area contributed by atoms with E-state index in [-0.39, 0.29) is 5.91 Å². The molecule has 0 aliphatic carbocycles. The van der Waals surface area contributed by atoms with E-state index in [1.807, 2.05) is 23.1 Å². The van der Waals surface area contributed by atoms with E-state index in [1.54, 1.807) is 13.4 Å². The van der Waals surface area contributed by atoms with Gasteiger partial charge in [0.25, 0.3) is 0 Å². The molecule has 6 nitrogen and oxygen atoms in total. The van der Waals surface area contributed by atoms with Crippen LogP contribution in [0.15, 0.2) is 36.7 Å². The van der Waals surface area contributed by atoms with E-state index in [1.165, 1.54) is 5.56 Å². The predicted octanol–water partition coefficient (Wildman–Crippen LogP) is 1.25. The van der Waals surface area contributed by atoms with Crippen LogP contribution in [0.2, 0.25) is 0 Å². The van der Waals surface area contributed by atoms with Crippen LogP contribution in [0.3, 0.4) is 0 Å². The fourth-order valence-electron chi connectivity index (χ4n) is 3.13. The van der Waals surface area contributed by atoms with Crippen molar-refractivity contribution in [3.05, 3.63) is 48.0 Å². The third-order valence-corrected chi connectivity index (χ3v) is 4.38. The molecular weight excluding hydrogens is 290 g/mol. The predicted molar refractivity (Wildman–Crippen MR) is 88.0 cm³/mol. The Kier molecular flexibility index (Phi) is 5.02. The second kappa shape index (κ2) is 7.37. The fourth-order valence-corrected chi connectivity index (χ4v) is 3.13. The third-order valence-electron chi connectivity index (χ3n) is 4.38. The smallest absolute Gasteiger partial charge is 0.236 e. The molecule has 2 aromatic rings. The van der Waals surface area contributed by atoms with Gasteiger partial charge in [0.2, 0.25) is 5.91 Å². The van der Waals surface area contributed by atoms with Crippen LogP contribution < -0.4 is 5.32 Å². The molecule has 23 heavy (non-hydrogen) atoms. The Bertz CT molecular complexity index is 631. The summed E-state index contributed by atoms with van der Waals surface area (Å²) in [6.45, 7) is 2.80. The molecule has 1 aliphatic heterocycles. The SMILES string of the molecule is CNCC(=O)N1CCC(c2nncn2Cc2ccccc2)CC1. The topological polar surface area (TPSA) is 63.1 Å². The van der Waals surface area contributed by atoms with E-state index in [9.17, 15) is 4.79 Å². The summed E-state index contributed by atoms with van der Waals surface area (Å²) < 4.78 is 2.13. The van der Waals surface area contributed by atoms with Crippen molar-refractivity contribution in [2.75, 3.05) is 26.7 Å². The van der Waals surface area contributed by atoms with Crippen molar-refractivity contribution in [2.24, 2.45) is 0 Å². The summed E-state index contributed by atoms with van der Waals surface area (Å²) in [6.07, 6.45) is 3.70. The van der Waals surface area contributed by atoms with Crippen molar-refractivity contribution in [1.29, 1.82) is 0 Å². The molecule has 1 aromatic heterocycles. The molecule has 1 amide bonds. The summed E-state index contributed by atoms with van der Waals surface area (Å²) in [4.78, 5) is 13.9. The lowest BCUT2D eigenvalue weighted by molar-refractivity contribution is -0.131. The maximum atomic E-state index is 11.9. The molecule has 0 saturated carbocycles. The summed E-state index contributed by atoms with van der Waals surface area (Å²) in [6, 6.07) is 10.3. The monoisotopic (exact) mass is 313 g/mol. The highest BCUT2D eigenvalue weighted by molar-refractivity contribution is 5.78. The number of carbonyl (C=O) groups excluding carboxylic acids is 1. The maximum absolute atomic E-state index is 11.9. The van der Waals surface area contributed by atoms with Crippen molar-refractivity contribution in [2.45, 2.75) is 25.3 Å². The molecule has 3 rings (SSSR count). The third kappa shape index (κ3) is 3.76. The molecular formula is C17H23N5O. The van der Waals surface area contributed by atoms with Crippen LogP contribution in [0.1, 0.15) is 30.1 Å². The minimum absolute atomic E-state index is 0.178. The first-order valence-corrected chi connectivity index (χ1v) is 8.12. The molecule has 1 N–H and O–H groups in total. The lowest BCUT2D eigenvalue weighted by Crippen LogP contribution is -2.42.